The third-order valence-corrected chi connectivity index (χ3v) is 4.41. The SMILES string of the molecule is CC1CN2CCCCC2CN1c1ccc(F)cc1F. The van der Waals surface area contributed by atoms with E-state index in [4.69, 9.17) is 0 Å². The zero-order valence-electron chi connectivity index (χ0n) is 11.3. The van der Waals surface area contributed by atoms with Gasteiger partial charge in [-0.15, -0.1) is 0 Å². The maximum Gasteiger partial charge on any atom is 0.149 e. The molecular weight excluding hydrogens is 246 g/mol. The summed E-state index contributed by atoms with van der Waals surface area (Å²) in [5.74, 6) is -0.957. The van der Waals surface area contributed by atoms with Crippen LogP contribution in [0.25, 0.3) is 0 Å². The molecule has 1 aromatic carbocycles. The van der Waals surface area contributed by atoms with Gasteiger partial charge in [-0.1, -0.05) is 6.42 Å². The van der Waals surface area contributed by atoms with Gasteiger partial charge in [-0.25, -0.2) is 8.78 Å². The second-order valence-electron chi connectivity index (χ2n) is 5.74. The molecule has 0 bridgehead atoms. The van der Waals surface area contributed by atoms with Crippen LogP contribution in [0.2, 0.25) is 0 Å². The minimum Gasteiger partial charge on any atom is -0.364 e. The van der Waals surface area contributed by atoms with Crippen molar-refractivity contribution in [3.63, 3.8) is 0 Å². The summed E-state index contributed by atoms with van der Waals surface area (Å²) in [5.41, 5.74) is 0.541. The van der Waals surface area contributed by atoms with Crippen LogP contribution >= 0.6 is 0 Å². The van der Waals surface area contributed by atoms with Crippen molar-refractivity contribution in [2.24, 2.45) is 0 Å². The Hall–Kier alpha value is -1.16. The summed E-state index contributed by atoms with van der Waals surface area (Å²) in [6.45, 7) is 5.10. The number of fused-ring (bicyclic) bond motifs is 1. The zero-order chi connectivity index (χ0) is 13.4. The molecule has 2 heterocycles. The zero-order valence-corrected chi connectivity index (χ0v) is 11.3. The normalized spacial score (nSPS) is 28.3. The number of anilines is 1. The number of nitrogens with zero attached hydrogens (tertiary/aromatic N) is 2. The summed E-state index contributed by atoms with van der Waals surface area (Å²) in [4.78, 5) is 4.62. The molecule has 104 valence electrons. The fourth-order valence-corrected chi connectivity index (χ4v) is 3.40. The largest absolute Gasteiger partial charge is 0.364 e. The highest BCUT2D eigenvalue weighted by molar-refractivity contribution is 5.49. The highest BCUT2D eigenvalue weighted by atomic mass is 19.1. The van der Waals surface area contributed by atoms with E-state index in [-0.39, 0.29) is 6.04 Å². The number of hydrogen-bond acceptors (Lipinski definition) is 2. The van der Waals surface area contributed by atoms with Crippen molar-refractivity contribution in [1.29, 1.82) is 0 Å². The number of benzene rings is 1. The molecule has 19 heavy (non-hydrogen) atoms. The molecule has 2 saturated heterocycles. The van der Waals surface area contributed by atoms with E-state index < -0.39 is 11.6 Å². The maximum atomic E-state index is 13.9. The molecule has 0 spiro atoms. The molecule has 2 aliphatic heterocycles. The Bertz CT molecular complexity index is 463. The van der Waals surface area contributed by atoms with Crippen LogP contribution < -0.4 is 4.90 Å². The average Bonchev–Trinajstić information content (AvgIpc) is 2.38. The Morgan fingerprint density at radius 2 is 2.00 bits per heavy atom. The van der Waals surface area contributed by atoms with E-state index in [9.17, 15) is 8.78 Å². The Balaban J connectivity index is 1.83. The lowest BCUT2D eigenvalue weighted by molar-refractivity contribution is 0.115. The second-order valence-corrected chi connectivity index (χ2v) is 5.74. The van der Waals surface area contributed by atoms with Crippen LogP contribution in [-0.4, -0.2) is 36.6 Å². The van der Waals surface area contributed by atoms with Crippen LogP contribution in [0.3, 0.4) is 0 Å². The molecule has 2 nitrogen and oxygen atoms in total. The summed E-state index contributed by atoms with van der Waals surface area (Å²) >= 11 is 0. The van der Waals surface area contributed by atoms with E-state index in [2.05, 4.69) is 16.7 Å². The van der Waals surface area contributed by atoms with E-state index in [1.807, 2.05) is 0 Å². The van der Waals surface area contributed by atoms with Crippen molar-refractivity contribution < 1.29 is 8.78 Å². The van der Waals surface area contributed by atoms with Crippen LogP contribution in [0, 0.1) is 11.6 Å². The van der Waals surface area contributed by atoms with E-state index in [1.54, 1.807) is 6.07 Å². The number of piperidine rings is 1. The average molecular weight is 266 g/mol. The van der Waals surface area contributed by atoms with Gasteiger partial charge in [0.2, 0.25) is 0 Å². The van der Waals surface area contributed by atoms with Gasteiger partial charge >= 0.3 is 0 Å². The Morgan fingerprint density at radius 3 is 2.79 bits per heavy atom. The first-order chi connectivity index (χ1) is 9.15. The van der Waals surface area contributed by atoms with E-state index in [1.165, 1.54) is 25.3 Å². The lowest BCUT2D eigenvalue weighted by atomic mass is 9.96. The van der Waals surface area contributed by atoms with E-state index >= 15 is 0 Å². The highest BCUT2D eigenvalue weighted by Gasteiger charge is 2.33. The van der Waals surface area contributed by atoms with Crippen LogP contribution in [0.15, 0.2) is 18.2 Å². The minimum atomic E-state index is -0.509. The molecule has 2 atom stereocenters. The maximum absolute atomic E-state index is 13.9. The van der Waals surface area contributed by atoms with Crippen molar-refractivity contribution >= 4 is 5.69 Å². The van der Waals surface area contributed by atoms with Gasteiger partial charge < -0.3 is 4.90 Å². The topological polar surface area (TPSA) is 6.48 Å². The molecule has 2 aliphatic rings. The molecule has 0 aromatic heterocycles. The lowest BCUT2D eigenvalue weighted by Gasteiger charge is -2.48. The molecule has 4 heteroatoms. The third kappa shape index (κ3) is 2.46. The quantitative estimate of drug-likeness (QED) is 0.771. The van der Waals surface area contributed by atoms with Gasteiger partial charge in [-0.05, 0) is 38.4 Å². The van der Waals surface area contributed by atoms with Gasteiger partial charge in [0, 0.05) is 31.2 Å². The molecule has 3 rings (SSSR count). The van der Waals surface area contributed by atoms with Crippen LogP contribution in [0.1, 0.15) is 26.2 Å². The summed E-state index contributed by atoms with van der Waals surface area (Å²) in [7, 11) is 0. The van der Waals surface area contributed by atoms with Crippen LogP contribution in [0.5, 0.6) is 0 Å². The summed E-state index contributed by atoms with van der Waals surface area (Å²) in [5, 5.41) is 0. The van der Waals surface area contributed by atoms with Gasteiger partial charge in [0.1, 0.15) is 11.6 Å². The minimum absolute atomic E-state index is 0.273. The predicted octanol–water partition coefficient (Wildman–Crippen LogP) is 3.03. The molecule has 1 aromatic rings. The van der Waals surface area contributed by atoms with E-state index in [0.29, 0.717) is 11.7 Å². The second kappa shape index (κ2) is 5.08. The van der Waals surface area contributed by atoms with Crippen molar-refractivity contribution in [1.82, 2.24) is 4.90 Å². The molecule has 0 saturated carbocycles. The monoisotopic (exact) mass is 266 g/mol. The first kappa shape index (κ1) is 12.9. The molecule has 0 N–H and O–H groups in total. The summed E-state index contributed by atoms with van der Waals surface area (Å²) in [6, 6.07) is 4.69. The molecule has 2 unspecified atom stereocenters. The van der Waals surface area contributed by atoms with Gasteiger partial charge in [0.05, 0.1) is 5.69 Å². The molecule has 0 aliphatic carbocycles. The molecular formula is C15H20F2N2. The number of piperazine rings is 1. The first-order valence-electron chi connectivity index (χ1n) is 7.11. The number of halogens is 2. The smallest absolute Gasteiger partial charge is 0.149 e. The summed E-state index contributed by atoms with van der Waals surface area (Å²) in [6.07, 6.45) is 3.72. The van der Waals surface area contributed by atoms with Gasteiger partial charge in [-0.3, -0.25) is 4.90 Å². The van der Waals surface area contributed by atoms with Crippen LogP contribution in [-0.2, 0) is 0 Å². The van der Waals surface area contributed by atoms with Crippen molar-refractivity contribution in [2.45, 2.75) is 38.3 Å². The van der Waals surface area contributed by atoms with Crippen molar-refractivity contribution in [2.75, 3.05) is 24.5 Å². The first-order valence-corrected chi connectivity index (χ1v) is 7.11. The van der Waals surface area contributed by atoms with Gasteiger partial charge in [0.15, 0.2) is 0 Å². The molecule has 0 amide bonds. The summed E-state index contributed by atoms with van der Waals surface area (Å²) < 4.78 is 27.0. The molecule has 2 fully saturated rings. The Morgan fingerprint density at radius 1 is 1.16 bits per heavy atom. The fourth-order valence-electron chi connectivity index (χ4n) is 3.40. The Kier molecular flexibility index (Phi) is 3.44. The standard InChI is InChI=1S/C15H20F2N2/c1-11-9-18-7-3-2-4-13(18)10-19(11)15-6-5-12(16)8-14(15)17/h5-6,8,11,13H,2-4,7,9-10H2,1H3. The number of hydrogen-bond donors (Lipinski definition) is 0. The van der Waals surface area contributed by atoms with Gasteiger partial charge in [0.25, 0.3) is 0 Å². The predicted molar refractivity (Wildman–Crippen MR) is 72.4 cm³/mol. The van der Waals surface area contributed by atoms with Gasteiger partial charge in [-0.2, -0.15) is 0 Å². The molecule has 0 radical (unpaired) electrons. The third-order valence-electron chi connectivity index (χ3n) is 4.41. The van der Waals surface area contributed by atoms with Crippen LogP contribution in [0.4, 0.5) is 14.5 Å². The van der Waals surface area contributed by atoms with Crippen molar-refractivity contribution in [3.05, 3.63) is 29.8 Å². The highest BCUT2D eigenvalue weighted by Crippen LogP contribution is 2.29. The number of rotatable bonds is 1. The van der Waals surface area contributed by atoms with E-state index in [0.717, 1.165) is 25.7 Å². The van der Waals surface area contributed by atoms with Crippen molar-refractivity contribution in [3.8, 4) is 0 Å². The Labute approximate surface area is 113 Å². The fraction of sp³-hybridized carbons (Fsp3) is 0.600. The lowest BCUT2D eigenvalue weighted by Crippen LogP contribution is -2.59.